The van der Waals surface area contributed by atoms with Gasteiger partial charge in [-0.25, -0.2) is 4.79 Å². The van der Waals surface area contributed by atoms with Gasteiger partial charge in [0.05, 0.1) is 0 Å². The van der Waals surface area contributed by atoms with E-state index in [1.165, 1.54) is 6.07 Å². The lowest BCUT2D eigenvalue weighted by Crippen LogP contribution is -2.24. The van der Waals surface area contributed by atoms with Crippen molar-refractivity contribution in [2.75, 3.05) is 11.9 Å². The standard InChI is InChI=1S/C17H20N2O5/c1-2-8-18-15(20)4-3-5-16(21)19-12-6-7-13-11(9-12)10-14(24-13)17(22)23/h6-7,9-10H,2-5,8H2,1H3,(H,18,20)(H,19,21)(H,22,23). The first-order valence-corrected chi connectivity index (χ1v) is 7.83. The number of aromatic carboxylic acids is 1. The second-order valence-corrected chi connectivity index (χ2v) is 5.42. The van der Waals surface area contributed by atoms with Crippen molar-refractivity contribution in [2.24, 2.45) is 0 Å². The molecule has 0 aliphatic rings. The molecular weight excluding hydrogens is 312 g/mol. The van der Waals surface area contributed by atoms with E-state index in [4.69, 9.17) is 9.52 Å². The number of rotatable bonds is 8. The van der Waals surface area contributed by atoms with Crippen LogP contribution < -0.4 is 10.6 Å². The minimum Gasteiger partial charge on any atom is -0.475 e. The van der Waals surface area contributed by atoms with E-state index >= 15 is 0 Å². The lowest BCUT2D eigenvalue weighted by atomic mass is 10.2. The Morgan fingerprint density at radius 2 is 1.88 bits per heavy atom. The first-order valence-electron chi connectivity index (χ1n) is 7.83. The fourth-order valence-corrected chi connectivity index (χ4v) is 2.21. The van der Waals surface area contributed by atoms with E-state index in [1.54, 1.807) is 18.2 Å². The highest BCUT2D eigenvalue weighted by molar-refractivity contribution is 5.96. The van der Waals surface area contributed by atoms with Crippen LogP contribution >= 0.6 is 0 Å². The average Bonchev–Trinajstić information content (AvgIpc) is 2.96. The van der Waals surface area contributed by atoms with Crippen LogP contribution in [0.2, 0.25) is 0 Å². The highest BCUT2D eigenvalue weighted by Crippen LogP contribution is 2.23. The highest BCUT2D eigenvalue weighted by Gasteiger charge is 2.11. The minimum atomic E-state index is -1.14. The summed E-state index contributed by atoms with van der Waals surface area (Å²) < 4.78 is 5.16. The number of benzene rings is 1. The number of furan rings is 1. The van der Waals surface area contributed by atoms with Gasteiger partial charge in [0.25, 0.3) is 0 Å². The van der Waals surface area contributed by atoms with Crippen LogP contribution in [0.1, 0.15) is 43.2 Å². The van der Waals surface area contributed by atoms with Gasteiger partial charge >= 0.3 is 5.97 Å². The Morgan fingerprint density at radius 1 is 1.12 bits per heavy atom. The van der Waals surface area contributed by atoms with Crippen LogP contribution in [0.5, 0.6) is 0 Å². The fraction of sp³-hybridized carbons (Fsp3) is 0.353. The lowest BCUT2D eigenvalue weighted by Gasteiger charge is -2.06. The summed E-state index contributed by atoms with van der Waals surface area (Å²) in [5, 5.41) is 15.0. The Morgan fingerprint density at radius 3 is 2.58 bits per heavy atom. The van der Waals surface area contributed by atoms with Crippen LogP contribution in [-0.4, -0.2) is 29.4 Å². The molecule has 1 aromatic heterocycles. The van der Waals surface area contributed by atoms with Gasteiger partial charge in [0.1, 0.15) is 5.58 Å². The third-order valence-electron chi connectivity index (χ3n) is 3.39. The first-order chi connectivity index (χ1) is 11.5. The molecule has 7 nitrogen and oxygen atoms in total. The predicted octanol–water partition coefficient (Wildman–Crippen LogP) is 2.77. The average molecular weight is 332 g/mol. The largest absolute Gasteiger partial charge is 0.475 e. The van der Waals surface area contributed by atoms with E-state index in [0.717, 1.165) is 6.42 Å². The van der Waals surface area contributed by atoms with Crippen molar-refractivity contribution in [3.05, 3.63) is 30.0 Å². The molecule has 0 fully saturated rings. The normalized spacial score (nSPS) is 10.5. The molecule has 3 N–H and O–H groups in total. The van der Waals surface area contributed by atoms with Crippen LogP contribution in [0.15, 0.2) is 28.7 Å². The van der Waals surface area contributed by atoms with Crippen LogP contribution in [0.25, 0.3) is 11.0 Å². The van der Waals surface area contributed by atoms with Crippen molar-refractivity contribution in [3.8, 4) is 0 Å². The topological polar surface area (TPSA) is 109 Å². The number of hydrogen-bond donors (Lipinski definition) is 3. The second-order valence-electron chi connectivity index (χ2n) is 5.42. The molecule has 24 heavy (non-hydrogen) atoms. The summed E-state index contributed by atoms with van der Waals surface area (Å²) in [5.41, 5.74) is 0.999. The van der Waals surface area contributed by atoms with Gasteiger partial charge in [-0.1, -0.05) is 6.92 Å². The summed E-state index contributed by atoms with van der Waals surface area (Å²) in [7, 11) is 0. The van der Waals surface area contributed by atoms with Gasteiger partial charge in [-0.05, 0) is 37.1 Å². The molecule has 0 unspecified atom stereocenters. The summed E-state index contributed by atoms with van der Waals surface area (Å²) >= 11 is 0. The zero-order valence-corrected chi connectivity index (χ0v) is 13.4. The number of carboxylic acid groups (broad SMARTS) is 1. The van der Waals surface area contributed by atoms with Crippen LogP contribution in [-0.2, 0) is 9.59 Å². The zero-order chi connectivity index (χ0) is 17.5. The van der Waals surface area contributed by atoms with Crippen molar-refractivity contribution in [1.29, 1.82) is 0 Å². The smallest absolute Gasteiger partial charge is 0.371 e. The van der Waals surface area contributed by atoms with E-state index in [9.17, 15) is 14.4 Å². The number of carboxylic acids is 1. The van der Waals surface area contributed by atoms with Gasteiger partial charge < -0.3 is 20.2 Å². The molecule has 0 spiro atoms. The molecule has 2 amide bonds. The van der Waals surface area contributed by atoms with E-state index in [1.807, 2.05) is 6.92 Å². The van der Waals surface area contributed by atoms with E-state index in [0.29, 0.717) is 36.0 Å². The number of anilines is 1. The summed E-state index contributed by atoms with van der Waals surface area (Å²) in [6.45, 7) is 2.62. The second kappa shape index (κ2) is 8.14. The molecule has 0 saturated carbocycles. The number of carbonyl (C=O) groups is 3. The molecule has 0 aliphatic carbocycles. The van der Waals surface area contributed by atoms with E-state index < -0.39 is 5.97 Å². The van der Waals surface area contributed by atoms with E-state index in [2.05, 4.69) is 10.6 Å². The Labute approximate surface area is 139 Å². The maximum atomic E-state index is 11.9. The third-order valence-corrected chi connectivity index (χ3v) is 3.39. The molecule has 1 heterocycles. The molecular formula is C17H20N2O5. The van der Waals surface area contributed by atoms with Crippen molar-refractivity contribution < 1.29 is 23.9 Å². The van der Waals surface area contributed by atoms with Crippen LogP contribution in [0.4, 0.5) is 5.69 Å². The zero-order valence-electron chi connectivity index (χ0n) is 13.4. The third kappa shape index (κ3) is 4.84. The maximum Gasteiger partial charge on any atom is 0.371 e. The Kier molecular flexibility index (Phi) is 5.95. The molecule has 128 valence electrons. The fourth-order valence-electron chi connectivity index (χ4n) is 2.21. The molecule has 0 aliphatic heterocycles. The molecule has 1 aromatic carbocycles. The highest BCUT2D eigenvalue weighted by atomic mass is 16.4. The van der Waals surface area contributed by atoms with Gasteiger partial charge in [-0.15, -0.1) is 0 Å². The number of fused-ring (bicyclic) bond motifs is 1. The van der Waals surface area contributed by atoms with Crippen LogP contribution in [0, 0.1) is 0 Å². The monoisotopic (exact) mass is 332 g/mol. The SMILES string of the molecule is CCCNC(=O)CCCC(=O)Nc1ccc2oc(C(=O)O)cc2c1. The van der Waals surface area contributed by atoms with Gasteiger partial charge in [-0.2, -0.15) is 0 Å². The Bertz CT molecular complexity index is 751. The number of amides is 2. The van der Waals surface area contributed by atoms with Crippen molar-refractivity contribution in [2.45, 2.75) is 32.6 Å². The summed E-state index contributed by atoms with van der Waals surface area (Å²) in [5.74, 6) is -1.53. The molecule has 2 rings (SSSR count). The summed E-state index contributed by atoms with van der Waals surface area (Å²) in [6, 6.07) is 6.31. The molecule has 7 heteroatoms. The summed E-state index contributed by atoms with van der Waals surface area (Å²) in [6.07, 6.45) is 1.91. The number of nitrogens with one attached hydrogen (secondary N) is 2. The number of hydrogen-bond acceptors (Lipinski definition) is 4. The maximum absolute atomic E-state index is 11.9. The van der Waals surface area contributed by atoms with Gasteiger partial charge in [-0.3, -0.25) is 9.59 Å². The van der Waals surface area contributed by atoms with Crippen LogP contribution in [0.3, 0.4) is 0 Å². The lowest BCUT2D eigenvalue weighted by molar-refractivity contribution is -0.121. The van der Waals surface area contributed by atoms with Gasteiger partial charge in [0.15, 0.2) is 0 Å². The molecule has 0 radical (unpaired) electrons. The molecule has 0 atom stereocenters. The first kappa shape index (κ1) is 17.5. The minimum absolute atomic E-state index is 0.0503. The Balaban J connectivity index is 1.86. The Hall–Kier alpha value is -2.83. The predicted molar refractivity (Wildman–Crippen MR) is 89.0 cm³/mol. The van der Waals surface area contributed by atoms with Gasteiger partial charge in [0, 0.05) is 30.5 Å². The van der Waals surface area contributed by atoms with Crippen molar-refractivity contribution >= 4 is 34.4 Å². The summed E-state index contributed by atoms with van der Waals surface area (Å²) in [4.78, 5) is 34.2. The van der Waals surface area contributed by atoms with E-state index in [-0.39, 0.29) is 24.0 Å². The van der Waals surface area contributed by atoms with Crippen molar-refractivity contribution in [3.63, 3.8) is 0 Å². The molecule has 0 bridgehead atoms. The number of carbonyl (C=O) groups excluding carboxylic acids is 2. The molecule has 0 saturated heterocycles. The van der Waals surface area contributed by atoms with Crippen molar-refractivity contribution in [1.82, 2.24) is 5.32 Å². The molecule has 2 aromatic rings. The van der Waals surface area contributed by atoms with Gasteiger partial charge in [0.2, 0.25) is 17.6 Å². The quantitative estimate of drug-likeness (QED) is 0.689.